The number of benzene rings is 1. The highest BCUT2D eigenvalue weighted by Gasteiger charge is 2.26. The van der Waals surface area contributed by atoms with Gasteiger partial charge in [0.1, 0.15) is 16.1 Å². The molecule has 0 fully saturated rings. The van der Waals surface area contributed by atoms with Crippen LogP contribution in [-0.2, 0) is 11.4 Å². The molecule has 1 unspecified atom stereocenters. The van der Waals surface area contributed by atoms with Crippen molar-refractivity contribution in [2.24, 2.45) is 4.40 Å². The molecule has 0 aliphatic heterocycles. The fourth-order valence-electron chi connectivity index (χ4n) is 1.16. The first-order valence-corrected chi connectivity index (χ1v) is 6.54. The Kier molecular flexibility index (Phi) is 4.48. The van der Waals surface area contributed by atoms with E-state index in [0.717, 1.165) is 0 Å². The Labute approximate surface area is 109 Å². The van der Waals surface area contributed by atoms with Crippen molar-refractivity contribution in [2.75, 3.05) is 0 Å². The minimum Gasteiger partial charge on any atom is -0.591 e. The predicted octanol–water partition coefficient (Wildman–Crippen LogP) is 2.87. The van der Waals surface area contributed by atoms with Crippen LogP contribution in [0.25, 0.3) is 0 Å². The first-order chi connectivity index (χ1) is 8.21. The molecule has 0 aliphatic rings. The maximum absolute atomic E-state index is 11.9. The molecule has 1 atom stereocenters. The molecule has 0 heterocycles. The van der Waals surface area contributed by atoms with Crippen LogP contribution in [0, 0.1) is 10.1 Å². The van der Waals surface area contributed by atoms with Gasteiger partial charge in [-0.05, 0) is 27.7 Å². The Morgan fingerprint density at radius 1 is 1.39 bits per heavy atom. The SMILES string of the molecule is CC(=N[S+]([O-])C(C)(C)C)c1cccc([N+](=O)[O-])c1. The van der Waals surface area contributed by atoms with Crippen LogP contribution in [0.1, 0.15) is 33.3 Å². The molecule has 1 aromatic rings. The van der Waals surface area contributed by atoms with Gasteiger partial charge >= 0.3 is 0 Å². The summed E-state index contributed by atoms with van der Waals surface area (Å²) in [5, 5.41) is 10.7. The second-order valence-electron chi connectivity index (χ2n) is 4.85. The van der Waals surface area contributed by atoms with E-state index in [1.54, 1.807) is 19.1 Å². The summed E-state index contributed by atoms with van der Waals surface area (Å²) in [5.74, 6) is 0. The Hall–Kier alpha value is -1.40. The first kappa shape index (κ1) is 14.7. The Bertz CT molecular complexity index is 480. The molecule has 0 aliphatic carbocycles. The second-order valence-corrected chi connectivity index (χ2v) is 6.75. The molecule has 0 saturated carbocycles. The van der Waals surface area contributed by atoms with E-state index in [1.807, 2.05) is 20.8 Å². The second kappa shape index (κ2) is 5.49. The van der Waals surface area contributed by atoms with Crippen LogP contribution in [0.3, 0.4) is 0 Å². The summed E-state index contributed by atoms with van der Waals surface area (Å²) in [6, 6.07) is 6.15. The normalized spacial score (nSPS) is 14.4. The zero-order chi connectivity index (χ0) is 13.9. The van der Waals surface area contributed by atoms with E-state index < -0.39 is 21.0 Å². The van der Waals surface area contributed by atoms with Crippen molar-refractivity contribution < 1.29 is 9.48 Å². The summed E-state index contributed by atoms with van der Waals surface area (Å²) in [5.41, 5.74) is 1.15. The minimum atomic E-state index is -1.37. The lowest BCUT2D eigenvalue weighted by Crippen LogP contribution is -2.26. The molecule has 5 nitrogen and oxygen atoms in total. The first-order valence-electron chi connectivity index (χ1n) is 5.44. The van der Waals surface area contributed by atoms with Crippen LogP contribution in [0.4, 0.5) is 5.69 Å². The van der Waals surface area contributed by atoms with Crippen molar-refractivity contribution >= 4 is 22.8 Å². The van der Waals surface area contributed by atoms with Crippen molar-refractivity contribution in [1.29, 1.82) is 0 Å². The van der Waals surface area contributed by atoms with Gasteiger partial charge in [0.15, 0.2) is 0 Å². The number of non-ortho nitro benzene ring substituents is 1. The molecule has 0 N–H and O–H groups in total. The Balaban J connectivity index is 3.04. The highest BCUT2D eigenvalue weighted by Crippen LogP contribution is 2.19. The van der Waals surface area contributed by atoms with Crippen molar-refractivity contribution in [2.45, 2.75) is 32.4 Å². The number of nitro groups is 1. The molecule has 6 heteroatoms. The fourth-order valence-corrected chi connectivity index (χ4v) is 1.79. The average Bonchev–Trinajstić information content (AvgIpc) is 2.27. The summed E-state index contributed by atoms with van der Waals surface area (Å²) in [7, 11) is 0. The Morgan fingerprint density at radius 2 is 2.00 bits per heavy atom. The predicted molar refractivity (Wildman–Crippen MR) is 73.2 cm³/mol. The zero-order valence-corrected chi connectivity index (χ0v) is 11.7. The van der Waals surface area contributed by atoms with Crippen molar-refractivity contribution in [3.63, 3.8) is 0 Å². The summed E-state index contributed by atoms with van der Waals surface area (Å²) >= 11 is -1.37. The van der Waals surface area contributed by atoms with Crippen LogP contribution in [-0.4, -0.2) is 19.9 Å². The molecule has 0 amide bonds. The van der Waals surface area contributed by atoms with Crippen LogP contribution < -0.4 is 0 Å². The average molecular weight is 268 g/mol. The van der Waals surface area contributed by atoms with Crippen LogP contribution >= 0.6 is 0 Å². The van der Waals surface area contributed by atoms with Crippen molar-refractivity contribution in [1.82, 2.24) is 0 Å². The van der Waals surface area contributed by atoms with Gasteiger partial charge in [0.05, 0.1) is 10.6 Å². The van der Waals surface area contributed by atoms with E-state index in [1.165, 1.54) is 12.1 Å². The highest BCUT2D eigenvalue weighted by molar-refractivity contribution is 7.91. The molecule has 0 saturated heterocycles. The molecule has 0 radical (unpaired) electrons. The van der Waals surface area contributed by atoms with Gasteiger partial charge in [-0.2, -0.15) is 0 Å². The monoisotopic (exact) mass is 268 g/mol. The van der Waals surface area contributed by atoms with Gasteiger partial charge in [-0.3, -0.25) is 10.1 Å². The van der Waals surface area contributed by atoms with Gasteiger partial charge in [0, 0.05) is 17.7 Å². The summed E-state index contributed by atoms with van der Waals surface area (Å²) in [6.07, 6.45) is 0. The molecule has 0 spiro atoms. The standard InChI is InChI=1S/C12H16N2O3S/c1-9(13-18(17)12(2,3)4)10-6-5-7-11(8-10)14(15)16/h5-8H,1-4H3. The maximum Gasteiger partial charge on any atom is 0.270 e. The quantitative estimate of drug-likeness (QED) is 0.366. The van der Waals surface area contributed by atoms with Crippen molar-refractivity contribution in [3.05, 3.63) is 39.9 Å². The van der Waals surface area contributed by atoms with E-state index in [4.69, 9.17) is 0 Å². The lowest BCUT2D eigenvalue weighted by molar-refractivity contribution is -0.384. The molecule has 0 bridgehead atoms. The zero-order valence-electron chi connectivity index (χ0n) is 10.8. The summed E-state index contributed by atoms with van der Waals surface area (Å²) in [6.45, 7) is 7.18. The summed E-state index contributed by atoms with van der Waals surface area (Å²) in [4.78, 5) is 10.2. The molecule has 0 aromatic heterocycles. The molecule has 98 valence electrons. The van der Waals surface area contributed by atoms with Gasteiger partial charge in [-0.25, -0.2) is 0 Å². The van der Waals surface area contributed by atoms with Crippen LogP contribution in [0.5, 0.6) is 0 Å². The van der Waals surface area contributed by atoms with E-state index in [9.17, 15) is 14.7 Å². The van der Waals surface area contributed by atoms with E-state index in [0.29, 0.717) is 11.3 Å². The van der Waals surface area contributed by atoms with E-state index >= 15 is 0 Å². The van der Waals surface area contributed by atoms with Gasteiger partial charge in [0.25, 0.3) is 5.69 Å². The molecule has 1 aromatic carbocycles. The molecular formula is C12H16N2O3S. The lowest BCUT2D eigenvalue weighted by atomic mass is 10.1. The van der Waals surface area contributed by atoms with Crippen LogP contribution in [0.2, 0.25) is 0 Å². The third kappa shape index (κ3) is 3.82. The Morgan fingerprint density at radius 3 is 2.50 bits per heavy atom. The largest absolute Gasteiger partial charge is 0.591 e. The molecular weight excluding hydrogens is 252 g/mol. The number of nitrogens with zero attached hydrogens (tertiary/aromatic N) is 2. The number of rotatable bonds is 3. The topological polar surface area (TPSA) is 78.6 Å². The third-order valence-electron chi connectivity index (χ3n) is 2.22. The highest BCUT2D eigenvalue weighted by atomic mass is 32.2. The lowest BCUT2D eigenvalue weighted by Gasteiger charge is -2.18. The van der Waals surface area contributed by atoms with Crippen molar-refractivity contribution in [3.8, 4) is 0 Å². The molecule has 1 rings (SSSR count). The summed E-state index contributed by atoms with van der Waals surface area (Å²) < 4.78 is 15.5. The van der Waals surface area contributed by atoms with Crippen LogP contribution in [0.15, 0.2) is 28.7 Å². The fraction of sp³-hybridized carbons (Fsp3) is 0.417. The minimum absolute atomic E-state index is 0.00332. The van der Waals surface area contributed by atoms with Gasteiger partial charge in [-0.1, -0.05) is 16.5 Å². The number of nitro benzene ring substituents is 1. The van der Waals surface area contributed by atoms with Gasteiger partial charge in [0.2, 0.25) is 0 Å². The number of hydrogen-bond donors (Lipinski definition) is 0. The number of hydrogen-bond acceptors (Lipinski definition) is 4. The maximum atomic E-state index is 11.9. The van der Waals surface area contributed by atoms with E-state index in [2.05, 4.69) is 4.40 Å². The third-order valence-corrected chi connectivity index (χ3v) is 3.71. The van der Waals surface area contributed by atoms with E-state index in [-0.39, 0.29) is 5.69 Å². The molecule has 18 heavy (non-hydrogen) atoms. The van der Waals surface area contributed by atoms with Gasteiger partial charge in [-0.15, -0.1) is 0 Å². The van der Waals surface area contributed by atoms with Gasteiger partial charge < -0.3 is 4.55 Å². The smallest absolute Gasteiger partial charge is 0.270 e.